The highest BCUT2D eigenvalue weighted by molar-refractivity contribution is 8.00. The van der Waals surface area contributed by atoms with Gasteiger partial charge in [0.1, 0.15) is 0 Å². The zero-order valence-corrected chi connectivity index (χ0v) is 8.74. The molecule has 68 valence electrons. The van der Waals surface area contributed by atoms with E-state index in [0.717, 1.165) is 10.8 Å². The molecule has 0 aromatic heterocycles. The third-order valence-corrected chi connectivity index (χ3v) is 3.35. The minimum absolute atomic E-state index is 0.410. The van der Waals surface area contributed by atoms with Crippen LogP contribution in [0, 0.1) is 5.92 Å². The third kappa shape index (κ3) is 2.54. The first-order chi connectivity index (χ1) is 5.77. The quantitative estimate of drug-likeness (QED) is 0.763. The first kappa shape index (κ1) is 10.2. The summed E-state index contributed by atoms with van der Waals surface area (Å²) in [4.78, 5) is 0. The van der Waals surface area contributed by atoms with Crippen LogP contribution < -0.4 is 5.73 Å². The molecule has 1 aliphatic rings. The highest BCUT2D eigenvalue weighted by atomic mass is 35.5. The maximum absolute atomic E-state index is 5.87. The second kappa shape index (κ2) is 4.95. The average molecular weight is 204 g/mol. The number of nitrogens with two attached hydrogens (primary N) is 1. The molecule has 0 fully saturated rings. The molecule has 0 aliphatic heterocycles. The van der Waals surface area contributed by atoms with Crippen molar-refractivity contribution < 1.29 is 0 Å². The molecule has 2 atom stereocenters. The fourth-order valence-corrected chi connectivity index (χ4v) is 2.50. The number of hydrogen-bond acceptors (Lipinski definition) is 2. The van der Waals surface area contributed by atoms with E-state index in [9.17, 15) is 0 Å². The molecular weight excluding hydrogens is 190 g/mol. The number of rotatable bonds is 3. The Labute approximate surface area is 83.0 Å². The predicted molar refractivity (Wildman–Crippen MR) is 57.5 cm³/mol. The average Bonchev–Trinajstić information content (AvgIpc) is 2.08. The van der Waals surface area contributed by atoms with Crippen LogP contribution in [0.2, 0.25) is 0 Å². The zero-order chi connectivity index (χ0) is 8.97. The van der Waals surface area contributed by atoms with E-state index >= 15 is 0 Å². The lowest BCUT2D eigenvalue weighted by atomic mass is 10.0. The van der Waals surface area contributed by atoms with Crippen molar-refractivity contribution in [2.75, 3.05) is 12.3 Å². The van der Waals surface area contributed by atoms with Gasteiger partial charge in [-0.25, -0.2) is 0 Å². The van der Waals surface area contributed by atoms with Crippen LogP contribution in [0.15, 0.2) is 23.3 Å². The van der Waals surface area contributed by atoms with Gasteiger partial charge >= 0.3 is 0 Å². The largest absolute Gasteiger partial charge is 0.330 e. The van der Waals surface area contributed by atoms with Gasteiger partial charge in [0.15, 0.2) is 0 Å². The van der Waals surface area contributed by atoms with Gasteiger partial charge in [-0.3, -0.25) is 0 Å². The molecule has 0 spiro atoms. The number of hydrogen-bond donors (Lipinski definition) is 1. The van der Waals surface area contributed by atoms with E-state index in [4.69, 9.17) is 17.3 Å². The topological polar surface area (TPSA) is 26.0 Å². The van der Waals surface area contributed by atoms with Crippen molar-refractivity contribution in [3.8, 4) is 0 Å². The van der Waals surface area contributed by atoms with Crippen molar-refractivity contribution in [3.63, 3.8) is 0 Å². The van der Waals surface area contributed by atoms with E-state index in [2.05, 4.69) is 19.1 Å². The van der Waals surface area contributed by atoms with Gasteiger partial charge in [-0.05, 0) is 11.8 Å². The molecule has 1 rings (SSSR count). The molecule has 2 unspecified atom stereocenters. The summed E-state index contributed by atoms with van der Waals surface area (Å²) >= 11 is 7.78. The van der Waals surface area contributed by atoms with Crippen molar-refractivity contribution in [2.45, 2.75) is 12.2 Å². The molecule has 3 heteroatoms. The minimum Gasteiger partial charge on any atom is -0.330 e. The molecule has 0 saturated carbocycles. The van der Waals surface area contributed by atoms with Crippen molar-refractivity contribution in [1.82, 2.24) is 0 Å². The summed E-state index contributed by atoms with van der Waals surface area (Å²) in [6.45, 7) is 2.84. The highest BCUT2D eigenvalue weighted by Crippen LogP contribution is 2.27. The van der Waals surface area contributed by atoms with Crippen LogP contribution in [-0.2, 0) is 0 Å². The Bertz CT molecular complexity index is 201. The van der Waals surface area contributed by atoms with Crippen LogP contribution >= 0.6 is 23.4 Å². The highest BCUT2D eigenvalue weighted by Gasteiger charge is 2.18. The standard InChI is InChI=1S/C9H14ClNS/c1-2-12-9-4-3-8(10)5-7(9)6-11/h3-5,7,9H,2,6,11H2,1H3. The maximum atomic E-state index is 5.87. The molecule has 0 heterocycles. The SMILES string of the molecule is CCSC1C=CC(Cl)=CC1CN. The second-order valence-electron chi connectivity index (χ2n) is 2.73. The molecule has 0 aromatic rings. The smallest absolute Gasteiger partial charge is 0.0367 e. The van der Waals surface area contributed by atoms with E-state index in [1.165, 1.54) is 0 Å². The van der Waals surface area contributed by atoms with E-state index in [1.807, 2.05) is 17.8 Å². The van der Waals surface area contributed by atoms with Gasteiger partial charge in [-0.2, -0.15) is 11.8 Å². The Morgan fingerprint density at radius 3 is 3.00 bits per heavy atom. The lowest BCUT2D eigenvalue weighted by molar-refractivity contribution is 0.681. The van der Waals surface area contributed by atoms with E-state index in [1.54, 1.807) is 0 Å². The van der Waals surface area contributed by atoms with Gasteiger partial charge in [0.05, 0.1) is 0 Å². The van der Waals surface area contributed by atoms with Crippen LogP contribution in [0.25, 0.3) is 0 Å². The lowest BCUT2D eigenvalue weighted by Crippen LogP contribution is -2.24. The molecule has 0 radical (unpaired) electrons. The molecule has 0 bridgehead atoms. The normalized spacial score (nSPS) is 28.8. The summed E-state index contributed by atoms with van der Waals surface area (Å²) < 4.78 is 0. The lowest BCUT2D eigenvalue weighted by Gasteiger charge is -2.22. The van der Waals surface area contributed by atoms with Gasteiger partial charge < -0.3 is 5.73 Å². The minimum atomic E-state index is 0.410. The van der Waals surface area contributed by atoms with Crippen molar-refractivity contribution in [1.29, 1.82) is 0 Å². The van der Waals surface area contributed by atoms with Gasteiger partial charge in [-0.15, -0.1) is 0 Å². The Kier molecular flexibility index (Phi) is 4.19. The monoisotopic (exact) mass is 203 g/mol. The molecule has 0 aromatic carbocycles. The van der Waals surface area contributed by atoms with Crippen LogP contribution in [0.1, 0.15) is 6.92 Å². The number of halogens is 1. The summed E-state index contributed by atoms with van der Waals surface area (Å²) in [5.74, 6) is 1.53. The molecule has 0 saturated heterocycles. The Morgan fingerprint density at radius 2 is 2.42 bits per heavy atom. The Hall–Kier alpha value is 0.0800. The van der Waals surface area contributed by atoms with Gasteiger partial charge in [0.2, 0.25) is 0 Å². The zero-order valence-electron chi connectivity index (χ0n) is 7.16. The van der Waals surface area contributed by atoms with Crippen LogP contribution in [0.3, 0.4) is 0 Å². The molecule has 1 aliphatic carbocycles. The predicted octanol–water partition coefficient (Wildman–Crippen LogP) is 2.38. The van der Waals surface area contributed by atoms with E-state index in [0.29, 0.717) is 17.7 Å². The summed E-state index contributed by atoms with van der Waals surface area (Å²) in [5, 5.41) is 1.33. The molecule has 0 amide bonds. The fraction of sp³-hybridized carbons (Fsp3) is 0.556. The van der Waals surface area contributed by atoms with Crippen molar-refractivity contribution >= 4 is 23.4 Å². The maximum Gasteiger partial charge on any atom is 0.0367 e. The van der Waals surface area contributed by atoms with Crippen LogP contribution in [0.4, 0.5) is 0 Å². The summed E-state index contributed by atoms with van der Waals surface area (Å²) in [6, 6.07) is 0. The summed E-state index contributed by atoms with van der Waals surface area (Å²) in [6.07, 6.45) is 6.16. The Morgan fingerprint density at radius 1 is 1.67 bits per heavy atom. The summed E-state index contributed by atoms with van der Waals surface area (Å²) in [5.41, 5.74) is 5.64. The van der Waals surface area contributed by atoms with Gasteiger partial charge in [0, 0.05) is 22.7 Å². The fourth-order valence-electron chi connectivity index (χ4n) is 1.26. The molecule has 2 N–H and O–H groups in total. The van der Waals surface area contributed by atoms with Gasteiger partial charge in [0.25, 0.3) is 0 Å². The number of thioether (sulfide) groups is 1. The van der Waals surface area contributed by atoms with Crippen molar-refractivity contribution in [3.05, 3.63) is 23.3 Å². The second-order valence-corrected chi connectivity index (χ2v) is 4.62. The third-order valence-electron chi connectivity index (χ3n) is 1.87. The van der Waals surface area contributed by atoms with Crippen LogP contribution in [0.5, 0.6) is 0 Å². The first-order valence-electron chi connectivity index (χ1n) is 4.15. The van der Waals surface area contributed by atoms with E-state index < -0.39 is 0 Å². The molecule has 1 nitrogen and oxygen atoms in total. The Balaban J connectivity index is 2.59. The molecule has 12 heavy (non-hydrogen) atoms. The van der Waals surface area contributed by atoms with E-state index in [-0.39, 0.29) is 0 Å². The molecular formula is C9H14ClNS. The van der Waals surface area contributed by atoms with Crippen molar-refractivity contribution in [2.24, 2.45) is 11.7 Å². The van der Waals surface area contributed by atoms with Crippen LogP contribution in [-0.4, -0.2) is 17.5 Å². The van der Waals surface area contributed by atoms with Gasteiger partial charge in [-0.1, -0.05) is 30.7 Å². The summed E-state index contributed by atoms with van der Waals surface area (Å²) in [7, 11) is 0. The first-order valence-corrected chi connectivity index (χ1v) is 5.57. The number of allylic oxidation sites excluding steroid dienone is 2.